The molecule has 0 bridgehead atoms. The molecular weight excluding hydrogens is 291 g/mol. The van der Waals surface area contributed by atoms with Crippen LogP contribution in [-0.4, -0.2) is 9.97 Å². The number of furan rings is 1. The summed E-state index contributed by atoms with van der Waals surface area (Å²) in [4.78, 5) is 8.24. The minimum atomic E-state index is 0.496. The first-order valence-electron chi connectivity index (χ1n) is 4.96. The van der Waals surface area contributed by atoms with Gasteiger partial charge in [0.2, 0.25) is 0 Å². The first kappa shape index (κ1) is 11.6. The van der Waals surface area contributed by atoms with E-state index in [4.69, 9.17) is 16.0 Å². The van der Waals surface area contributed by atoms with E-state index in [1.165, 1.54) is 6.33 Å². The van der Waals surface area contributed by atoms with Crippen LogP contribution in [0.25, 0.3) is 11.5 Å². The third kappa shape index (κ3) is 2.13. The SMILES string of the molecule is CCCc1c(Cl)ncnc1-c1occc1Br. The molecule has 2 heterocycles. The molecular formula is C11H10BrClN2O. The summed E-state index contributed by atoms with van der Waals surface area (Å²) >= 11 is 9.48. The van der Waals surface area contributed by atoms with Crippen molar-refractivity contribution in [3.05, 3.63) is 33.8 Å². The summed E-state index contributed by atoms with van der Waals surface area (Å²) in [5, 5.41) is 0.496. The number of hydrogen-bond acceptors (Lipinski definition) is 3. The van der Waals surface area contributed by atoms with Crippen LogP contribution in [0.5, 0.6) is 0 Å². The minimum absolute atomic E-state index is 0.496. The van der Waals surface area contributed by atoms with Gasteiger partial charge >= 0.3 is 0 Å². The zero-order valence-corrected chi connectivity index (χ0v) is 11.0. The summed E-state index contributed by atoms with van der Waals surface area (Å²) in [6.45, 7) is 2.09. The van der Waals surface area contributed by atoms with Crippen LogP contribution >= 0.6 is 27.5 Å². The molecule has 3 nitrogen and oxygen atoms in total. The third-order valence-corrected chi connectivity index (χ3v) is 3.18. The van der Waals surface area contributed by atoms with Gasteiger partial charge < -0.3 is 4.42 Å². The van der Waals surface area contributed by atoms with Crippen LogP contribution in [0.4, 0.5) is 0 Å². The fourth-order valence-electron chi connectivity index (χ4n) is 1.52. The van der Waals surface area contributed by atoms with Crippen molar-refractivity contribution in [2.24, 2.45) is 0 Å². The largest absolute Gasteiger partial charge is 0.461 e. The van der Waals surface area contributed by atoms with E-state index >= 15 is 0 Å². The smallest absolute Gasteiger partial charge is 0.166 e. The average Bonchev–Trinajstić information content (AvgIpc) is 2.68. The van der Waals surface area contributed by atoms with Gasteiger partial charge in [0.25, 0.3) is 0 Å². The number of rotatable bonds is 3. The molecule has 0 saturated carbocycles. The van der Waals surface area contributed by atoms with Crippen LogP contribution < -0.4 is 0 Å². The number of hydrogen-bond donors (Lipinski definition) is 0. The Kier molecular flexibility index (Phi) is 3.61. The predicted octanol–water partition coefficient (Wildman–Crippen LogP) is 4.11. The Morgan fingerprint density at radius 2 is 2.25 bits per heavy atom. The molecule has 0 fully saturated rings. The van der Waals surface area contributed by atoms with Crippen LogP contribution in [0.1, 0.15) is 18.9 Å². The van der Waals surface area contributed by atoms with Crippen LogP contribution in [0.3, 0.4) is 0 Å². The second-order valence-corrected chi connectivity index (χ2v) is 4.55. The lowest BCUT2D eigenvalue weighted by Gasteiger charge is -2.06. The molecule has 0 aliphatic rings. The summed E-state index contributed by atoms with van der Waals surface area (Å²) < 4.78 is 6.27. The van der Waals surface area contributed by atoms with Crippen LogP contribution in [-0.2, 0) is 6.42 Å². The molecule has 2 aromatic heterocycles. The van der Waals surface area contributed by atoms with Gasteiger partial charge in [0.1, 0.15) is 17.2 Å². The highest BCUT2D eigenvalue weighted by atomic mass is 79.9. The van der Waals surface area contributed by atoms with Gasteiger partial charge in [0, 0.05) is 5.56 Å². The summed E-state index contributed by atoms with van der Waals surface area (Å²) in [5.74, 6) is 0.702. The molecule has 84 valence electrons. The highest BCUT2D eigenvalue weighted by molar-refractivity contribution is 9.10. The summed E-state index contributed by atoms with van der Waals surface area (Å²) in [6.07, 6.45) is 4.89. The van der Waals surface area contributed by atoms with Crippen molar-refractivity contribution in [2.45, 2.75) is 19.8 Å². The molecule has 0 unspecified atom stereocenters. The number of aromatic nitrogens is 2. The second kappa shape index (κ2) is 4.97. The normalized spacial score (nSPS) is 10.7. The maximum absolute atomic E-state index is 6.07. The van der Waals surface area contributed by atoms with Gasteiger partial charge in [-0.15, -0.1) is 0 Å². The van der Waals surface area contributed by atoms with Gasteiger partial charge in [-0.1, -0.05) is 24.9 Å². The van der Waals surface area contributed by atoms with E-state index in [1.54, 1.807) is 6.26 Å². The second-order valence-electron chi connectivity index (χ2n) is 3.34. The summed E-state index contributed by atoms with van der Waals surface area (Å²) in [6, 6.07) is 1.83. The van der Waals surface area contributed by atoms with Crippen molar-refractivity contribution >= 4 is 27.5 Å². The zero-order valence-electron chi connectivity index (χ0n) is 8.70. The number of halogens is 2. The summed E-state index contributed by atoms with van der Waals surface area (Å²) in [7, 11) is 0. The average molecular weight is 302 g/mol. The van der Waals surface area contributed by atoms with Crippen molar-refractivity contribution in [1.82, 2.24) is 9.97 Å². The maximum atomic E-state index is 6.07. The summed E-state index contributed by atoms with van der Waals surface area (Å²) in [5.41, 5.74) is 1.70. The topological polar surface area (TPSA) is 38.9 Å². The van der Waals surface area contributed by atoms with E-state index in [2.05, 4.69) is 32.8 Å². The Balaban J connectivity index is 2.56. The van der Waals surface area contributed by atoms with Gasteiger partial charge in [-0.3, -0.25) is 0 Å². The number of nitrogens with zero attached hydrogens (tertiary/aromatic N) is 2. The van der Waals surface area contributed by atoms with Crippen molar-refractivity contribution < 1.29 is 4.42 Å². The van der Waals surface area contributed by atoms with E-state index in [-0.39, 0.29) is 0 Å². The van der Waals surface area contributed by atoms with Crippen LogP contribution in [0.2, 0.25) is 5.15 Å². The molecule has 0 saturated heterocycles. The van der Waals surface area contributed by atoms with Gasteiger partial charge in [-0.25, -0.2) is 9.97 Å². The van der Waals surface area contributed by atoms with Crippen molar-refractivity contribution in [3.8, 4) is 11.5 Å². The van der Waals surface area contributed by atoms with E-state index in [0.29, 0.717) is 10.9 Å². The van der Waals surface area contributed by atoms with E-state index in [0.717, 1.165) is 28.6 Å². The molecule has 2 aromatic rings. The molecule has 0 atom stereocenters. The predicted molar refractivity (Wildman–Crippen MR) is 66.4 cm³/mol. The molecule has 0 radical (unpaired) electrons. The van der Waals surface area contributed by atoms with Crippen molar-refractivity contribution in [3.63, 3.8) is 0 Å². The first-order valence-corrected chi connectivity index (χ1v) is 6.14. The fraction of sp³-hybridized carbons (Fsp3) is 0.273. The van der Waals surface area contributed by atoms with E-state index in [1.807, 2.05) is 6.07 Å². The monoisotopic (exact) mass is 300 g/mol. The van der Waals surface area contributed by atoms with Gasteiger partial charge in [-0.05, 0) is 28.4 Å². The van der Waals surface area contributed by atoms with E-state index < -0.39 is 0 Å². The fourth-order valence-corrected chi connectivity index (χ4v) is 2.14. The first-order chi connectivity index (χ1) is 7.74. The Morgan fingerprint density at radius 1 is 1.44 bits per heavy atom. The highest BCUT2D eigenvalue weighted by Gasteiger charge is 2.15. The van der Waals surface area contributed by atoms with Gasteiger partial charge in [-0.2, -0.15) is 0 Å². The zero-order chi connectivity index (χ0) is 11.5. The Bertz CT molecular complexity index is 498. The molecule has 0 N–H and O–H groups in total. The molecule has 0 amide bonds. The van der Waals surface area contributed by atoms with Crippen LogP contribution in [0, 0.1) is 0 Å². The molecule has 0 aromatic carbocycles. The van der Waals surface area contributed by atoms with Crippen molar-refractivity contribution in [2.75, 3.05) is 0 Å². The molecule has 5 heteroatoms. The Labute approximate surface area is 107 Å². The lowest BCUT2D eigenvalue weighted by atomic mass is 10.1. The molecule has 2 rings (SSSR count). The lowest BCUT2D eigenvalue weighted by molar-refractivity contribution is 0.577. The Morgan fingerprint density at radius 3 is 2.88 bits per heavy atom. The molecule has 0 aliphatic carbocycles. The molecule has 0 aliphatic heterocycles. The third-order valence-electron chi connectivity index (χ3n) is 2.23. The van der Waals surface area contributed by atoms with Crippen LogP contribution in [0.15, 0.2) is 27.5 Å². The highest BCUT2D eigenvalue weighted by Crippen LogP contribution is 2.32. The minimum Gasteiger partial charge on any atom is -0.461 e. The quantitative estimate of drug-likeness (QED) is 0.801. The molecule has 0 spiro atoms. The standard InChI is InChI=1S/C11H10BrClN2O/c1-2-3-7-9(14-6-15-11(7)13)10-8(12)4-5-16-10/h4-6H,2-3H2,1H3. The van der Waals surface area contributed by atoms with Crippen molar-refractivity contribution in [1.29, 1.82) is 0 Å². The maximum Gasteiger partial charge on any atom is 0.166 e. The molecule has 16 heavy (non-hydrogen) atoms. The van der Waals surface area contributed by atoms with Gasteiger partial charge in [0.05, 0.1) is 10.7 Å². The van der Waals surface area contributed by atoms with Gasteiger partial charge in [0.15, 0.2) is 5.76 Å². The van der Waals surface area contributed by atoms with E-state index in [9.17, 15) is 0 Å². The Hall–Kier alpha value is -0.870. The lowest BCUT2D eigenvalue weighted by Crippen LogP contribution is -1.96.